The van der Waals surface area contributed by atoms with Gasteiger partial charge >= 0.3 is 0 Å². The molecular weight excluding hydrogens is 356 g/mol. The summed E-state index contributed by atoms with van der Waals surface area (Å²) in [6.45, 7) is 8.27. The third-order valence-electron chi connectivity index (χ3n) is 4.10. The zero-order chi connectivity index (χ0) is 21.3. The molecule has 2 aromatic carbocycles. The van der Waals surface area contributed by atoms with Crippen LogP contribution >= 0.6 is 0 Å². The molecule has 0 aliphatic carbocycles. The van der Waals surface area contributed by atoms with Crippen molar-refractivity contribution in [3.8, 4) is 11.5 Å². The zero-order valence-corrected chi connectivity index (χ0v) is 17.5. The van der Waals surface area contributed by atoms with E-state index < -0.39 is 0 Å². The molecule has 0 unspecified atom stereocenters. The molecule has 1 N–H and O–H groups in total. The molecule has 0 amide bonds. The lowest BCUT2D eigenvalue weighted by Gasteiger charge is -2.19. The number of aliphatic hydroxyl groups excluding tert-OH is 1. The van der Waals surface area contributed by atoms with Crippen LogP contribution in [-0.2, 0) is 5.41 Å². The number of hydrogen-bond donors (Lipinski definition) is 1. The Bertz CT molecular complexity index is 786. The Hall–Kier alpha value is -2.66. The van der Waals surface area contributed by atoms with E-state index in [2.05, 4.69) is 20.8 Å². The van der Waals surface area contributed by atoms with Crippen LogP contribution in [0.25, 0.3) is 0 Å². The van der Waals surface area contributed by atoms with E-state index in [9.17, 15) is 9.59 Å². The standard InChI is InChI=1S/C21H24O4.C2H6O/c1-21(2,3)15-8-6-14(7-9-15)18(22)13-19(23)17-11-10-16(24-4)12-20(17)25-5;1-2-3/h6-12H,13H2,1-5H3;3H,2H2,1H3. The van der Waals surface area contributed by atoms with Crippen molar-refractivity contribution >= 4 is 11.6 Å². The fourth-order valence-electron chi connectivity index (χ4n) is 2.53. The smallest absolute Gasteiger partial charge is 0.174 e. The molecule has 5 heteroatoms. The van der Waals surface area contributed by atoms with Crippen LogP contribution in [0.3, 0.4) is 0 Å². The molecule has 0 atom stereocenters. The number of hydrogen-bond acceptors (Lipinski definition) is 5. The minimum Gasteiger partial charge on any atom is -0.497 e. The molecule has 152 valence electrons. The lowest BCUT2D eigenvalue weighted by Crippen LogP contribution is -2.12. The molecule has 5 nitrogen and oxygen atoms in total. The van der Waals surface area contributed by atoms with Gasteiger partial charge in [-0.1, -0.05) is 45.0 Å². The second-order valence-electron chi connectivity index (χ2n) is 7.23. The van der Waals surface area contributed by atoms with E-state index >= 15 is 0 Å². The van der Waals surface area contributed by atoms with Gasteiger partial charge in [0.2, 0.25) is 0 Å². The van der Waals surface area contributed by atoms with Gasteiger partial charge in [0.05, 0.1) is 26.2 Å². The summed E-state index contributed by atoms with van der Waals surface area (Å²) in [4.78, 5) is 24.9. The molecule has 0 saturated carbocycles. The molecule has 0 aliphatic rings. The summed E-state index contributed by atoms with van der Waals surface area (Å²) >= 11 is 0. The van der Waals surface area contributed by atoms with Crippen LogP contribution in [0.15, 0.2) is 42.5 Å². The Kier molecular flexibility index (Phi) is 8.86. The summed E-state index contributed by atoms with van der Waals surface area (Å²) < 4.78 is 10.4. The van der Waals surface area contributed by atoms with Crippen LogP contribution in [0.4, 0.5) is 0 Å². The molecule has 0 saturated heterocycles. The van der Waals surface area contributed by atoms with E-state index in [4.69, 9.17) is 14.6 Å². The number of aliphatic hydroxyl groups is 1. The lowest BCUT2D eigenvalue weighted by molar-refractivity contribution is 0.0892. The first-order valence-corrected chi connectivity index (χ1v) is 9.17. The Morgan fingerprint density at radius 3 is 1.96 bits per heavy atom. The van der Waals surface area contributed by atoms with Gasteiger partial charge in [-0.15, -0.1) is 0 Å². The SMILES string of the molecule is CCO.COc1ccc(C(=O)CC(=O)c2ccc(C(C)(C)C)cc2)c(OC)c1. The summed E-state index contributed by atoms with van der Waals surface area (Å²) in [5, 5.41) is 7.57. The topological polar surface area (TPSA) is 72.8 Å². The molecule has 0 aromatic heterocycles. The third kappa shape index (κ3) is 6.50. The van der Waals surface area contributed by atoms with Crippen LogP contribution in [0, 0.1) is 0 Å². The second kappa shape index (κ2) is 10.6. The van der Waals surface area contributed by atoms with Gasteiger partial charge in [0.25, 0.3) is 0 Å². The first-order valence-electron chi connectivity index (χ1n) is 9.17. The van der Waals surface area contributed by atoms with Crippen molar-refractivity contribution in [2.75, 3.05) is 20.8 Å². The van der Waals surface area contributed by atoms with Crippen molar-refractivity contribution in [2.45, 2.75) is 39.5 Å². The average Bonchev–Trinajstić information content (AvgIpc) is 2.67. The Balaban J connectivity index is 0.00000122. The van der Waals surface area contributed by atoms with Crippen LogP contribution in [0.5, 0.6) is 11.5 Å². The van der Waals surface area contributed by atoms with Crippen LogP contribution in [0.2, 0.25) is 0 Å². The Morgan fingerprint density at radius 1 is 0.929 bits per heavy atom. The number of ketones is 2. The molecule has 0 heterocycles. The summed E-state index contributed by atoms with van der Waals surface area (Å²) in [5.74, 6) is 0.519. The van der Waals surface area contributed by atoms with Crippen molar-refractivity contribution in [2.24, 2.45) is 0 Å². The molecule has 2 aromatic rings. The first kappa shape index (κ1) is 23.4. The number of carbonyl (C=O) groups is 2. The monoisotopic (exact) mass is 386 g/mol. The van der Waals surface area contributed by atoms with Crippen LogP contribution < -0.4 is 9.47 Å². The highest BCUT2D eigenvalue weighted by molar-refractivity contribution is 6.14. The fraction of sp³-hybridized carbons (Fsp3) is 0.391. The minimum atomic E-state index is -0.274. The van der Waals surface area contributed by atoms with Crippen molar-refractivity contribution < 1.29 is 24.2 Å². The van der Waals surface area contributed by atoms with Crippen molar-refractivity contribution in [1.82, 2.24) is 0 Å². The number of Topliss-reactive ketones (excluding diaryl/α,β-unsaturated/α-hetero) is 2. The van der Waals surface area contributed by atoms with E-state index in [1.807, 2.05) is 12.1 Å². The molecule has 0 spiro atoms. The molecule has 2 rings (SSSR count). The summed E-state index contributed by atoms with van der Waals surface area (Å²) in [5.41, 5.74) is 2.08. The van der Waals surface area contributed by atoms with Crippen molar-refractivity contribution in [1.29, 1.82) is 0 Å². The predicted molar refractivity (Wildman–Crippen MR) is 111 cm³/mol. The van der Waals surface area contributed by atoms with Gasteiger partial charge in [0.15, 0.2) is 11.6 Å². The van der Waals surface area contributed by atoms with E-state index in [0.717, 1.165) is 5.56 Å². The normalized spacial score (nSPS) is 10.5. The molecular formula is C23H30O5. The van der Waals surface area contributed by atoms with Gasteiger partial charge in [0, 0.05) is 18.2 Å². The Labute approximate surface area is 167 Å². The zero-order valence-electron chi connectivity index (χ0n) is 17.5. The Morgan fingerprint density at radius 2 is 1.50 bits per heavy atom. The number of carbonyl (C=O) groups excluding carboxylic acids is 2. The highest BCUT2D eigenvalue weighted by Crippen LogP contribution is 2.26. The maximum absolute atomic E-state index is 12.5. The van der Waals surface area contributed by atoms with Crippen LogP contribution in [0.1, 0.15) is 60.4 Å². The predicted octanol–water partition coefficient (Wildman–Crippen LogP) is 4.46. The maximum Gasteiger partial charge on any atom is 0.174 e. The average molecular weight is 386 g/mol. The number of methoxy groups -OCH3 is 2. The highest BCUT2D eigenvalue weighted by Gasteiger charge is 2.19. The summed E-state index contributed by atoms with van der Waals surface area (Å²) in [7, 11) is 3.03. The minimum absolute atomic E-state index is 0.0217. The van der Waals surface area contributed by atoms with Gasteiger partial charge in [-0.2, -0.15) is 0 Å². The van der Waals surface area contributed by atoms with Gasteiger partial charge in [-0.05, 0) is 30.0 Å². The van der Waals surface area contributed by atoms with E-state index in [0.29, 0.717) is 22.6 Å². The number of ether oxygens (including phenoxy) is 2. The third-order valence-corrected chi connectivity index (χ3v) is 4.10. The first-order chi connectivity index (χ1) is 13.2. The quantitative estimate of drug-likeness (QED) is 0.586. The van der Waals surface area contributed by atoms with Crippen LogP contribution in [-0.4, -0.2) is 37.5 Å². The fourth-order valence-corrected chi connectivity index (χ4v) is 2.53. The van der Waals surface area contributed by atoms with Crippen molar-refractivity contribution in [3.05, 3.63) is 59.2 Å². The van der Waals surface area contributed by atoms with Gasteiger partial charge in [-0.25, -0.2) is 0 Å². The molecule has 28 heavy (non-hydrogen) atoms. The maximum atomic E-state index is 12.5. The molecule has 0 bridgehead atoms. The van der Waals surface area contributed by atoms with E-state index in [1.54, 1.807) is 44.4 Å². The number of rotatable bonds is 6. The molecule has 0 aliphatic heterocycles. The van der Waals surface area contributed by atoms with E-state index in [-0.39, 0.29) is 30.0 Å². The number of benzene rings is 2. The second-order valence-corrected chi connectivity index (χ2v) is 7.23. The van der Waals surface area contributed by atoms with Gasteiger partial charge in [-0.3, -0.25) is 9.59 Å². The highest BCUT2D eigenvalue weighted by atomic mass is 16.5. The van der Waals surface area contributed by atoms with Gasteiger partial charge < -0.3 is 14.6 Å². The molecule has 0 radical (unpaired) electrons. The molecule has 0 fully saturated rings. The largest absolute Gasteiger partial charge is 0.497 e. The summed E-state index contributed by atoms with van der Waals surface area (Å²) in [6.07, 6.45) is -0.197. The van der Waals surface area contributed by atoms with Crippen molar-refractivity contribution in [3.63, 3.8) is 0 Å². The summed E-state index contributed by atoms with van der Waals surface area (Å²) in [6, 6.07) is 12.4. The van der Waals surface area contributed by atoms with E-state index in [1.165, 1.54) is 7.11 Å². The van der Waals surface area contributed by atoms with Gasteiger partial charge in [0.1, 0.15) is 11.5 Å². The lowest BCUT2D eigenvalue weighted by atomic mass is 9.86.